The van der Waals surface area contributed by atoms with Crippen molar-refractivity contribution in [2.45, 2.75) is 57.6 Å². The number of Topliss-reactive ketones (excluding diaryl/α,β-unsaturated/α-hetero) is 1. The van der Waals surface area contributed by atoms with Crippen LogP contribution in [0.25, 0.3) is 0 Å². The second-order valence-electron chi connectivity index (χ2n) is 9.08. The lowest BCUT2D eigenvalue weighted by atomic mass is 9.84. The molecule has 4 rings (SSSR count). The highest BCUT2D eigenvalue weighted by Crippen LogP contribution is 2.39. The SMILES string of the molecule is CC(=O)N1CCCN(C(=O)[C@@H](C)N2CC[C@@]3(CCC2=O)CC(=O)c2ccccc2O3)CC1. The molecule has 0 aliphatic carbocycles. The maximum atomic E-state index is 13.2. The van der Waals surface area contributed by atoms with Crippen LogP contribution in [0.15, 0.2) is 24.3 Å². The molecule has 172 valence electrons. The number of amides is 3. The molecule has 3 aliphatic heterocycles. The van der Waals surface area contributed by atoms with Gasteiger partial charge in [0.25, 0.3) is 0 Å². The lowest BCUT2D eigenvalue weighted by Gasteiger charge is -2.37. The lowest BCUT2D eigenvalue weighted by molar-refractivity contribution is -0.144. The van der Waals surface area contributed by atoms with Crippen molar-refractivity contribution in [3.8, 4) is 5.75 Å². The number of rotatable bonds is 2. The van der Waals surface area contributed by atoms with E-state index < -0.39 is 11.6 Å². The van der Waals surface area contributed by atoms with Crippen molar-refractivity contribution in [3.63, 3.8) is 0 Å². The van der Waals surface area contributed by atoms with E-state index in [1.807, 2.05) is 12.1 Å². The van der Waals surface area contributed by atoms with Gasteiger partial charge in [0.05, 0.1) is 12.0 Å². The summed E-state index contributed by atoms with van der Waals surface area (Å²) >= 11 is 0. The molecular weight excluding hydrogens is 410 g/mol. The Kier molecular flexibility index (Phi) is 6.22. The molecule has 0 unspecified atom stereocenters. The monoisotopic (exact) mass is 441 g/mol. The quantitative estimate of drug-likeness (QED) is 0.699. The van der Waals surface area contributed by atoms with Crippen LogP contribution in [0.3, 0.4) is 0 Å². The number of fused-ring (bicyclic) bond motifs is 1. The van der Waals surface area contributed by atoms with E-state index in [1.165, 1.54) is 0 Å². The first-order chi connectivity index (χ1) is 15.3. The Balaban J connectivity index is 1.44. The van der Waals surface area contributed by atoms with Gasteiger partial charge in [-0.15, -0.1) is 0 Å². The number of ketones is 1. The molecule has 3 aliphatic rings. The van der Waals surface area contributed by atoms with Gasteiger partial charge in [0, 0.05) is 52.5 Å². The Morgan fingerprint density at radius 2 is 1.72 bits per heavy atom. The summed E-state index contributed by atoms with van der Waals surface area (Å²) in [6.07, 6.45) is 2.19. The summed E-state index contributed by atoms with van der Waals surface area (Å²) < 4.78 is 6.28. The van der Waals surface area contributed by atoms with Crippen LogP contribution in [-0.2, 0) is 14.4 Å². The average Bonchev–Trinajstić information content (AvgIpc) is 3.11. The van der Waals surface area contributed by atoms with Crippen molar-refractivity contribution in [2.24, 2.45) is 0 Å². The number of benzene rings is 1. The third-order valence-corrected chi connectivity index (χ3v) is 7.00. The summed E-state index contributed by atoms with van der Waals surface area (Å²) in [4.78, 5) is 55.7. The molecule has 3 amide bonds. The first-order valence-electron chi connectivity index (χ1n) is 11.4. The van der Waals surface area contributed by atoms with E-state index in [1.54, 1.807) is 40.7 Å². The Morgan fingerprint density at radius 3 is 2.50 bits per heavy atom. The number of nitrogens with zero attached hydrogens (tertiary/aromatic N) is 3. The predicted molar refractivity (Wildman–Crippen MR) is 117 cm³/mol. The molecule has 0 N–H and O–H groups in total. The molecule has 32 heavy (non-hydrogen) atoms. The highest BCUT2D eigenvalue weighted by Gasteiger charge is 2.44. The maximum Gasteiger partial charge on any atom is 0.245 e. The van der Waals surface area contributed by atoms with E-state index in [9.17, 15) is 19.2 Å². The number of carbonyl (C=O) groups excluding carboxylic acids is 4. The number of ether oxygens (including phenoxy) is 1. The molecule has 1 aromatic rings. The second-order valence-corrected chi connectivity index (χ2v) is 9.08. The van der Waals surface area contributed by atoms with Gasteiger partial charge >= 0.3 is 0 Å². The van der Waals surface area contributed by atoms with Crippen molar-refractivity contribution in [1.82, 2.24) is 14.7 Å². The normalized spacial score (nSPS) is 25.0. The molecule has 1 aromatic carbocycles. The van der Waals surface area contributed by atoms with Crippen molar-refractivity contribution in [3.05, 3.63) is 29.8 Å². The van der Waals surface area contributed by atoms with Gasteiger partial charge in [-0.05, 0) is 31.9 Å². The zero-order valence-electron chi connectivity index (χ0n) is 18.8. The molecule has 2 atom stereocenters. The van der Waals surface area contributed by atoms with E-state index in [2.05, 4.69) is 0 Å². The molecule has 2 saturated heterocycles. The van der Waals surface area contributed by atoms with Gasteiger partial charge in [-0.3, -0.25) is 19.2 Å². The van der Waals surface area contributed by atoms with Gasteiger partial charge in [-0.2, -0.15) is 0 Å². The number of likely N-dealkylation sites (tertiary alicyclic amines) is 1. The predicted octanol–water partition coefficient (Wildman–Crippen LogP) is 1.87. The summed E-state index contributed by atoms with van der Waals surface area (Å²) in [5.74, 6) is 0.456. The van der Waals surface area contributed by atoms with Crippen LogP contribution >= 0.6 is 0 Å². The molecule has 2 fully saturated rings. The fourth-order valence-corrected chi connectivity index (χ4v) is 5.03. The Hall–Kier alpha value is -2.90. The molecule has 8 nitrogen and oxygen atoms in total. The maximum absolute atomic E-state index is 13.2. The van der Waals surface area contributed by atoms with Crippen LogP contribution in [0, 0.1) is 0 Å². The lowest BCUT2D eigenvalue weighted by Crippen LogP contribution is -2.50. The zero-order valence-corrected chi connectivity index (χ0v) is 18.8. The fourth-order valence-electron chi connectivity index (χ4n) is 5.03. The Morgan fingerprint density at radius 1 is 1.00 bits per heavy atom. The molecule has 0 bridgehead atoms. The van der Waals surface area contributed by atoms with E-state index in [4.69, 9.17) is 4.74 Å². The largest absolute Gasteiger partial charge is 0.486 e. The number of carbonyl (C=O) groups is 4. The van der Waals surface area contributed by atoms with E-state index in [0.717, 1.165) is 6.42 Å². The minimum atomic E-state index is -0.705. The number of para-hydroxylation sites is 1. The van der Waals surface area contributed by atoms with Gasteiger partial charge in [0.1, 0.15) is 17.4 Å². The molecule has 3 heterocycles. The van der Waals surface area contributed by atoms with Crippen LogP contribution < -0.4 is 4.74 Å². The van der Waals surface area contributed by atoms with Gasteiger partial charge in [0.2, 0.25) is 17.7 Å². The molecule has 0 radical (unpaired) electrons. The van der Waals surface area contributed by atoms with Crippen LogP contribution in [-0.4, -0.2) is 82.6 Å². The Bertz CT molecular complexity index is 932. The van der Waals surface area contributed by atoms with E-state index in [0.29, 0.717) is 56.9 Å². The van der Waals surface area contributed by atoms with Crippen molar-refractivity contribution >= 4 is 23.5 Å². The molecule has 8 heteroatoms. The van der Waals surface area contributed by atoms with Crippen molar-refractivity contribution < 1.29 is 23.9 Å². The van der Waals surface area contributed by atoms with E-state index in [-0.39, 0.29) is 36.3 Å². The number of hydrogen-bond donors (Lipinski definition) is 0. The van der Waals surface area contributed by atoms with Crippen LogP contribution in [0.2, 0.25) is 0 Å². The smallest absolute Gasteiger partial charge is 0.245 e. The van der Waals surface area contributed by atoms with Crippen molar-refractivity contribution in [2.75, 3.05) is 32.7 Å². The van der Waals surface area contributed by atoms with E-state index >= 15 is 0 Å². The fraction of sp³-hybridized carbons (Fsp3) is 0.583. The van der Waals surface area contributed by atoms with Crippen LogP contribution in [0.5, 0.6) is 5.75 Å². The summed E-state index contributed by atoms with van der Waals surface area (Å²) in [6.45, 7) is 5.90. The minimum Gasteiger partial charge on any atom is -0.486 e. The molecular formula is C24H31N3O5. The second kappa shape index (κ2) is 8.92. The van der Waals surface area contributed by atoms with Gasteiger partial charge in [0.15, 0.2) is 5.78 Å². The molecule has 1 spiro atoms. The van der Waals surface area contributed by atoms with Gasteiger partial charge < -0.3 is 19.4 Å². The van der Waals surface area contributed by atoms with Crippen LogP contribution in [0.4, 0.5) is 0 Å². The average molecular weight is 442 g/mol. The first-order valence-corrected chi connectivity index (χ1v) is 11.4. The summed E-state index contributed by atoms with van der Waals surface area (Å²) in [5, 5.41) is 0. The van der Waals surface area contributed by atoms with Gasteiger partial charge in [-0.1, -0.05) is 12.1 Å². The van der Waals surface area contributed by atoms with Crippen molar-refractivity contribution in [1.29, 1.82) is 0 Å². The van der Waals surface area contributed by atoms with Gasteiger partial charge in [-0.25, -0.2) is 0 Å². The zero-order chi connectivity index (χ0) is 22.9. The standard InChI is InChI=1S/C24H31N3O5/c1-17(23(31)26-12-5-11-25(14-15-26)18(2)28)27-13-10-24(9-8-22(27)30)16-20(29)19-6-3-4-7-21(19)32-24/h3-4,6-7,17H,5,8-16H2,1-2H3/t17-,24+/m1/s1. The third kappa shape index (κ3) is 4.36. The molecule has 0 aromatic heterocycles. The first kappa shape index (κ1) is 22.3. The molecule has 0 saturated carbocycles. The summed E-state index contributed by atoms with van der Waals surface area (Å²) in [5.41, 5.74) is -0.113. The topological polar surface area (TPSA) is 87.2 Å². The highest BCUT2D eigenvalue weighted by atomic mass is 16.5. The highest BCUT2D eigenvalue weighted by molar-refractivity contribution is 6.00. The minimum absolute atomic E-state index is 0.0175. The third-order valence-electron chi connectivity index (χ3n) is 7.00. The Labute approximate surface area is 188 Å². The number of hydrogen-bond acceptors (Lipinski definition) is 5. The van der Waals surface area contributed by atoms with Crippen LogP contribution in [0.1, 0.15) is 56.3 Å². The summed E-state index contributed by atoms with van der Waals surface area (Å²) in [6, 6.07) is 6.65. The summed E-state index contributed by atoms with van der Waals surface area (Å²) in [7, 11) is 0.